The zero-order valence-corrected chi connectivity index (χ0v) is 12.3. The molecule has 0 aliphatic heterocycles. The number of rotatable bonds is 3. The van der Waals surface area contributed by atoms with Gasteiger partial charge in [-0.2, -0.15) is 0 Å². The fourth-order valence-corrected chi connectivity index (χ4v) is 5.13. The van der Waals surface area contributed by atoms with Gasteiger partial charge in [-0.1, -0.05) is 0 Å². The molecule has 4 nitrogen and oxygen atoms in total. The summed E-state index contributed by atoms with van der Waals surface area (Å²) in [6.07, 6.45) is 8.40. The van der Waals surface area contributed by atoms with Gasteiger partial charge in [-0.05, 0) is 67.9 Å². The van der Waals surface area contributed by atoms with Gasteiger partial charge >= 0.3 is 0 Å². The third-order valence-corrected chi connectivity index (χ3v) is 5.81. The third kappa shape index (κ3) is 2.35. The van der Waals surface area contributed by atoms with Crippen LogP contribution in [0.1, 0.15) is 48.2 Å². The normalized spacial score (nSPS) is 36.7. The molecule has 1 aromatic rings. The summed E-state index contributed by atoms with van der Waals surface area (Å²) in [5.41, 5.74) is 7.07. The van der Waals surface area contributed by atoms with Crippen molar-refractivity contribution in [3.63, 3.8) is 0 Å². The Morgan fingerprint density at radius 1 is 1.19 bits per heavy atom. The van der Waals surface area contributed by atoms with E-state index in [1.165, 1.54) is 32.1 Å². The molecule has 0 unspecified atom stereocenters. The minimum absolute atomic E-state index is 0.0459. The maximum atomic E-state index is 12.5. The molecule has 4 heteroatoms. The maximum absolute atomic E-state index is 12.5. The Morgan fingerprint density at radius 3 is 2.48 bits per heavy atom. The van der Waals surface area contributed by atoms with E-state index in [2.05, 4.69) is 10.3 Å². The Balaban J connectivity index is 1.49. The standard InChI is InChI=1S/C17H23N3O/c18-9-15-8-12(1-2-19-15)17(21)20-16-13-4-10-3-11(6-13)7-14(16)5-10/h1-2,8,10-11,13-14,16H,3-7,9,18H2,(H,20,21). The summed E-state index contributed by atoms with van der Waals surface area (Å²) in [6, 6.07) is 3.98. The van der Waals surface area contributed by atoms with Crippen molar-refractivity contribution in [2.75, 3.05) is 0 Å². The molecule has 4 aliphatic carbocycles. The van der Waals surface area contributed by atoms with E-state index in [4.69, 9.17) is 5.73 Å². The first kappa shape index (κ1) is 13.3. The summed E-state index contributed by atoms with van der Waals surface area (Å²) in [4.78, 5) is 16.7. The lowest BCUT2D eigenvalue weighted by atomic mass is 9.54. The lowest BCUT2D eigenvalue weighted by Crippen LogP contribution is -2.55. The van der Waals surface area contributed by atoms with Crippen molar-refractivity contribution in [3.8, 4) is 0 Å². The summed E-state index contributed by atoms with van der Waals surface area (Å²) in [7, 11) is 0. The van der Waals surface area contributed by atoms with E-state index in [-0.39, 0.29) is 5.91 Å². The predicted octanol–water partition coefficient (Wildman–Crippen LogP) is 2.09. The smallest absolute Gasteiger partial charge is 0.251 e. The van der Waals surface area contributed by atoms with Crippen LogP contribution in [-0.2, 0) is 6.54 Å². The second-order valence-electron chi connectivity index (χ2n) is 7.17. The minimum Gasteiger partial charge on any atom is -0.349 e. The molecule has 5 rings (SSSR count). The number of nitrogens with two attached hydrogens (primary N) is 1. The summed E-state index contributed by atoms with van der Waals surface area (Å²) < 4.78 is 0. The molecule has 1 heterocycles. The molecule has 4 aliphatic rings. The van der Waals surface area contributed by atoms with Crippen LogP contribution in [-0.4, -0.2) is 16.9 Å². The molecule has 1 aromatic heterocycles. The molecular weight excluding hydrogens is 262 g/mol. The van der Waals surface area contributed by atoms with Crippen LogP contribution in [0.15, 0.2) is 18.3 Å². The molecular formula is C17H23N3O. The van der Waals surface area contributed by atoms with Gasteiger partial charge in [0, 0.05) is 24.3 Å². The fourth-order valence-electron chi connectivity index (χ4n) is 5.13. The second-order valence-corrected chi connectivity index (χ2v) is 7.17. The number of pyridine rings is 1. The van der Waals surface area contributed by atoms with Gasteiger partial charge in [-0.3, -0.25) is 9.78 Å². The number of amides is 1. The molecule has 0 radical (unpaired) electrons. The largest absolute Gasteiger partial charge is 0.349 e. The monoisotopic (exact) mass is 285 g/mol. The number of aromatic nitrogens is 1. The van der Waals surface area contributed by atoms with Crippen molar-refractivity contribution < 1.29 is 4.79 Å². The quantitative estimate of drug-likeness (QED) is 0.893. The molecule has 0 aromatic carbocycles. The van der Waals surface area contributed by atoms with E-state index < -0.39 is 0 Å². The molecule has 1 amide bonds. The van der Waals surface area contributed by atoms with E-state index in [9.17, 15) is 4.79 Å². The summed E-state index contributed by atoms with van der Waals surface area (Å²) in [6.45, 7) is 0.374. The minimum atomic E-state index is 0.0459. The van der Waals surface area contributed by atoms with E-state index in [1.54, 1.807) is 12.3 Å². The average molecular weight is 285 g/mol. The molecule has 0 atom stereocenters. The van der Waals surface area contributed by atoms with Gasteiger partial charge < -0.3 is 11.1 Å². The Bertz CT molecular complexity index is 529. The van der Waals surface area contributed by atoms with E-state index in [1.807, 2.05) is 6.07 Å². The fraction of sp³-hybridized carbons (Fsp3) is 0.647. The molecule has 0 spiro atoms. The van der Waals surface area contributed by atoms with Crippen LogP contribution in [0.5, 0.6) is 0 Å². The van der Waals surface area contributed by atoms with Gasteiger partial charge in [0.1, 0.15) is 0 Å². The number of hydrogen-bond acceptors (Lipinski definition) is 3. The first-order chi connectivity index (χ1) is 10.2. The molecule has 21 heavy (non-hydrogen) atoms. The third-order valence-electron chi connectivity index (χ3n) is 5.81. The highest BCUT2D eigenvalue weighted by molar-refractivity contribution is 5.94. The van der Waals surface area contributed by atoms with E-state index in [0.717, 1.165) is 17.5 Å². The highest BCUT2D eigenvalue weighted by Crippen LogP contribution is 2.53. The average Bonchev–Trinajstić information content (AvgIpc) is 2.50. The molecule has 4 saturated carbocycles. The maximum Gasteiger partial charge on any atom is 0.251 e. The number of hydrogen-bond donors (Lipinski definition) is 2. The van der Waals surface area contributed by atoms with Gasteiger partial charge in [-0.15, -0.1) is 0 Å². The highest BCUT2D eigenvalue weighted by atomic mass is 16.1. The molecule has 4 fully saturated rings. The van der Waals surface area contributed by atoms with Crippen molar-refractivity contribution in [2.45, 2.75) is 44.7 Å². The zero-order chi connectivity index (χ0) is 14.4. The topological polar surface area (TPSA) is 68.0 Å². The lowest BCUT2D eigenvalue weighted by molar-refractivity contribution is -0.0119. The number of carbonyl (C=O) groups excluding carboxylic acids is 1. The van der Waals surface area contributed by atoms with Gasteiger partial charge in [0.25, 0.3) is 5.91 Å². The first-order valence-electron chi connectivity index (χ1n) is 8.18. The Labute approximate surface area is 125 Å². The van der Waals surface area contributed by atoms with Crippen molar-refractivity contribution in [1.82, 2.24) is 10.3 Å². The highest BCUT2D eigenvalue weighted by Gasteiger charge is 2.48. The van der Waals surface area contributed by atoms with Crippen LogP contribution in [0, 0.1) is 23.7 Å². The van der Waals surface area contributed by atoms with Crippen LogP contribution in [0.25, 0.3) is 0 Å². The van der Waals surface area contributed by atoms with Crippen LogP contribution < -0.4 is 11.1 Å². The summed E-state index contributed by atoms with van der Waals surface area (Å²) >= 11 is 0. The zero-order valence-electron chi connectivity index (χ0n) is 12.3. The molecule has 3 N–H and O–H groups in total. The SMILES string of the molecule is NCc1cc(C(=O)NC2C3CC4CC(C3)CC2C4)ccn1. The van der Waals surface area contributed by atoms with Crippen LogP contribution in [0.3, 0.4) is 0 Å². The van der Waals surface area contributed by atoms with Crippen molar-refractivity contribution in [1.29, 1.82) is 0 Å². The Hall–Kier alpha value is -1.42. The van der Waals surface area contributed by atoms with Crippen molar-refractivity contribution in [3.05, 3.63) is 29.6 Å². The Morgan fingerprint density at radius 2 is 1.86 bits per heavy atom. The second kappa shape index (κ2) is 5.09. The number of carbonyl (C=O) groups is 1. The van der Waals surface area contributed by atoms with E-state index >= 15 is 0 Å². The predicted molar refractivity (Wildman–Crippen MR) is 80.4 cm³/mol. The van der Waals surface area contributed by atoms with Crippen molar-refractivity contribution >= 4 is 5.91 Å². The van der Waals surface area contributed by atoms with E-state index in [0.29, 0.717) is 30.0 Å². The molecule has 112 valence electrons. The van der Waals surface area contributed by atoms with Gasteiger partial charge in [0.2, 0.25) is 0 Å². The Kier molecular flexibility index (Phi) is 3.21. The summed E-state index contributed by atoms with van der Waals surface area (Å²) in [5, 5.41) is 3.32. The van der Waals surface area contributed by atoms with Crippen LogP contribution >= 0.6 is 0 Å². The molecule has 0 saturated heterocycles. The summed E-state index contributed by atoms with van der Waals surface area (Å²) in [5.74, 6) is 3.34. The van der Waals surface area contributed by atoms with Crippen LogP contribution in [0.2, 0.25) is 0 Å². The number of nitrogens with one attached hydrogen (secondary N) is 1. The van der Waals surface area contributed by atoms with Gasteiger partial charge in [-0.25, -0.2) is 0 Å². The lowest BCUT2D eigenvalue weighted by Gasteiger charge is -2.54. The van der Waals surface area contributed by atoms with Gasteiger partial charge in [0.05, 0.1) is 5.69 Å². The van der Waals surface area contributed by atoms with Crippen molar-refractivity contribution in [2.24, 2.45) is 29.4 Å². The first-order valence-corrected chi connectivity index (χ1v) is 8.18. The van der Waals surface area contributed by atoms with Crippen LogP contribution in [0.4, 0.5) is 0 Å². The molecule has 4 bridgehead atoms. The van der Waals surface area contributed by atoms with Gasteiger partial charge in [0.15, 0.2) is 0 Å². The number of nitrogens with zero attached hydrogens (tertiary/aromatic N) is 1.